The standard InChI is InChI=1S/C23H31N5O3S/c1-2-10-28-20(30)17-7-6-16(15-18(17)25-22(28)32)19(29)26-13-8-23(9-14-26,21(24)31)27-11-4-3-5-12-27/h6-7,15H,2-5,8-14H2,1H3,(H2,24,31)(H,25,32)/p+1. The molecule has 0 saturated carbocycles. The zero-order valence-electron chi connectivity index (χ0n) is 18.6. The number of hydrogen-bond acceptors (Lipinski definition) is 4. The molecular formula is C23H32N5O3S+. The van der Waals surface area contributed by atoms with E-state index in [1.54, 1.807) is 27.7 Å². The number of nitrogens with one attached hydrogen (secondary N) is 2. The van der Waals surface area contributed by atoms with Crippen LogP contribution in [0.4, 0.5) is 0 Å². The number of aromatic nitrogens is 2. The number of quaternary nitrogens is 1. The van der Waals surface area contributed by atoms with Gasteiger partial charge in [-0.1, -0.05) is 6.92 Å². The second-order valence-corrected chi connectivity index (χ2v) is 9.44. The van der Waals surface area contributed by atoms with Gasteiger partial charge in [0.05, 0.1) is 24.0 Å². The van der Waals surface area contributed by atoms with E-state index in [4.69, 9.17) is 18.0 Å². The highest BCUT2D eigenvalue weighted by Crippen LogP contribution is 2.23. The first kappa shape index (κ1) is 22.7. The summed E-state index contributed by atoms with van der Waals surface area (Å²) in [5.41, 5.74) is 6.24. The molecule has 2 aliphatic heterocycles. The Kier molecular flexibility index (Phi) is 6.48. The molecule has 9 heteroatoms. The fourth-order valence-electron chi connectivity index (χ4n) is 5.32. The van der Waals surface area contributed by atoms with Gasteiger partial charge in [-0.05, 0) is 56.1 Å². The summed E-state index contributed by atoms with van der Waals surface area (Å²) < 4.78 is 1.92. The Morgan fingerprint density at radius 2 is 1.88 bits per heavy atom. The molecule has 4 rings (SSSR count). The normalized spacial score (nSPS) is 19.2. The molecule has 32 heavy (non-hydrogen) atoms. The Balaban J connectivity index is 1.55. The number of rotatable bonds is 5. The molecule has 2 amide bonds. The lowest BCUT2D eigenvalue weighted by Gasteiger charge is -2.45. The highest BCUT2D eigenvalue weighted by atomic mass is 32.1. The minimum Gasteiger partial charge on any atom is -0.364 e. The van der Waals surface area contributed by atoms with Gasteiger partial charge in [0.25, 0.3) is 17.4 Å². The second kappa shape index (κ2) is 9.15. The number of amides is 2. The number of piperidine rings is 2. The predicted octanol–water partition coefficient (Wildman–Crippen LogP) is 0.998. The van der Waals surface area contributed by atoms with E-state index in [0.717, 1.165) is 32.4 Å². The maximum absolute atomic E-state index is 13.2. The third-order valence-electron chi connectivity index (χ3n) is 7.19. The molecule has 2 aromatic rings. The highest BCUT2D eigenvalue weighted by molar-refractivity contribution is 7.71. The van der Waals surface area contributed by atoms with Crippen LogP contribution in [0.2, 0.25) is 0 Å². The number of fused-ring (bicyclic) bond motifs is 1. The molecule has 0 bridgehead atoms. The van der Waals surface area contributed by atoms with Gasteiger partial charge in [0.15, 0.2) is 10.3 Å². The first-order valence-electron chi connectivity index (χ1n) is 11.6. The van der Waals surface area contributed by atoms with Crippen molar-refractivity contribution in [3.8, 4) is 0 Å². The first-order chi connectivity index (χ1) is 15.4. The second-order valence-electron chi connectivity index (χ2n) is 9.05. The molecule has 3 heterocycles. The van der Waals surface area contributed by atoms with Crippen LogP contribution in [0.15, 0.2) is 23.0 Å². The van der Waals surface area contributed by atoms with E-state index in [0.29, 0.717) is 53.7 Å². The van der Waals surface area contributed by atoms with Crippen molar-refractivity contribution in [3.63, 3.8) is 0 Å². The first-order valence-corrected chi connectivity index (χ1v) is 12.0. The number of benzene rings is 1. The lowest BCUT2D eigenvalue weighted by molar-refractivity contribution is -0.948. The Morgan fingerprint density at radius 1 is 1.19 bits per heavy atom. The number of H-pyrrole nitrogens is 1. The van der Waals surface area contributed by atoms with Gasteiger partial charge in [0.1, 0.15) is 0 Å². The Morgan fingerprint density at radius 3 is 2.50 bits per heavy atom. The van der Waals surface area contributed by atoms with Crippen LogP contribution in [-0.2, 0) is 11.3 Å². The fraction of sp³-hybridized carbons (Fsp3) is 0.565. The van der Waals surface area contributed by atoms with E-state index in [2.05, 4.69) is 4.98 Å². The summed E-state index contributed by atoms with van der Waals surface area (Å²) in [4.78, 5) is 44.6. The minimum atomic E-state index is -0.573. The van der Waals surface area contributed by atoms with Crippen LogP contribution in [0.1, 0.15) is 55.8 Å². The van der Waals surface area contributed by atoms with Gasteiger partial charge in [-0.15, -0.1) is 0 Å². The molecule has 2 aliphatic rings. The van der Waals surface area contributed by atoms with Crippen molar-refractivity contribution in [2.24, 2.45) is 5.73 Å². The number of nitrogens with two attached hydrogens (primary N) is 1. The Hall–Kier alpha value is -2.52. The quantitative estimate of drug-likeness (QED) is 0.581. The highest BCUT2D eigenvalue weighted by Gasteiger charge is 2.49. The van der Waals surface area contributed by atoms with Crippen LogP contribution in [0, 0.1) is 4.77 Å². The third kappa shape index (κ3) is 3.99. The lowest BCUT2D eigenvalue weighted by Crippen LogP contribution is -3.22. The maximum atomic E-state index is 13.2. The number of carbonyl (C=O) groups is 2. The van der Waals surface area contributed by atoms with E-state index in [-0.39, 0.29) is 17.4 Å². The van der Waals surface area contributed by atoms with Crippen LogP contribution < -0.4 is 16.2 Å². The molecule has 1 aromatic carbocycles. The molecule has 4 N–H and O–H groups in total. The van der Waals surface area contributed by atoms with Crippen LogP contribution in [0.3, 0.4) is 0 Å². The van der Waals surface area contributed by atoms with Gasteiger partial charge in [-0.25, -0.2) is 0 Å². The van der Waals surface area contributed by atoms with Crippen LogP contribution in [0.25, 0.3) is 10.9 Å². The van der Waals surface area contributed by atoms with Crippen molar-refractivity contribution in [3.05, 3.63) is 38.9 Å². The summed E-state index contributed by atoms with van der Waals surface area (Å²) in [6.45, 7) is 5.48. The van der Waals surface area contributed by atoms with Crippen molar-refractivity contribution in [2.45, 2.75) is 57.5 Å². The molecule has 172 valence electrons. The van der Waals surface area contributed by atoms with E-state index in [1.807, 2.05) is 6.92 Å². The zero-order chi connectivity index (χ0) is 22.9. The summed E-state index contributed by atoms with van der Waals surface area (Å²) in [6, 6.07) is 5.10. The van der Waals surface area contributed by atoms with Crippen LogP contribution >= 0.6 is 12.2 Å². The summed E-state index contributed by atoms with van der Waals surface area (Å²) in [6.07, 6.45) is 5.41. The largest absolute Gasteiger partial charge is 0.364 e. The molecule has 0 aliphatic carbocycles. The number of aromatic amines is 1. The van der Waals surface area contributed by atoms with Crippen molar-refractivity contribution in [2.75, 3.05) is 26.2 Å². The number of primary amides is 1. The van der Waals surface area contributed by atoms with Crippen molar-refractivity contribution >= 4 is 34.9 Å². The van der Waals surface area contributed by atoms with Gasteiger partial charge < -0.3 is 20.5 Å². The molecule has 0 unspecified atom stereocenters. The van der Waals surface area contributed by atoms with E-state index >= 15 is 0 Å². The van der Waals surface area contributed by atoms with Gasteiger partial charge in [0.2, 0.25) is 0 Å². The summed E-state index contributed by atoms with van der Waals surface area (Å²) >= 11 is 5.34. The number of hydrogen-bond donors (Lipinski definition) is 3. The third-order valence-corrected chi connectivity index (χ3v) is 7.51. The van der Waals surface area contributed by atoms with Crippen molar-refractivity contribution in [1.29, 1.82) is 0 Å². The van der Waals surface area contributed by atoms with Gasteiger partial charge in [-0.2, -0.15) is 0 Å². The van der Waals surface area contributed by atoms with Crippen molar-refractivity contribution in [1.82, 2.24) is 14.5 Å². The van der Waals surface area contributed by atoms with Gasteiger partial charge in [0, 0.05) is 38.0 Å². The summed E-state index contributed by atoms with van der Waals surface area (Å²) in [5, 5.41) is 0.517. The van der Waals surface area contributed by atoms with Crippen LogP contribution in [-0.4, -0.2) is 58.0 Å². The SMILES string of the molecule is CCCn1c(=S)[nH]c2cc(C(=O)N3CCC(C(N)=O)([NH+]4CCCCC4)CC3)ccc2c1=O. The minimum absolute atomic E-state index is 0.101. The Labute approximate surface area is 192 Å². The smallest absolute Gasteiger partial charge is 0.278 e. The molecule has 2 saturated heterocycles. The lowest BCUT2D eigenvalue weighted by atomic mass is 9.83. The average molecular weight is 459 g/mol. The van der Waals surface area contributed by atoms with Crippen LogP contribution in [0.5, 0.6) is 0 Å². The van der Waals surface area contributed by atoms with E-state index in [9.17, 15) is 14.4 Å². The molecule has 2 fully saturated rings. The number of nitrogens with zero attached hydrogens (tertiary/aromatic N) is 2. The van der Waals surface area contributed by atoms with Gasteiger partial charge >= 0.3 is 0 Å². The number of carbonyl (C=O) groups excluding carboxylic acids is 2. The van der Waals surface area contributed by atoms with E-state index in [1.165, 1.54) is 11.3 Å². The maximum Gasteiger partial charge on any atom is 0.278 e. The molecule has 8 nitrogen and oxygen atoms in total. The van der Waals surface area contributed by atoms with Crippen molar-refractivity contribution < 1.29 is 14.5 Å². The zero-order valence-corrected chi connectivity index (χ0v) is 19.4. The monoisotopic (exact) mass is 458 g/mol. The number of likely N-dealkylation sites (tertiary alicyclic amines) is 2. The molecule has 0 radical (unpaired) electrons. The van der Waals surface area contributed by atoms with E-state index < -0.39 is 5.54 Å². The molecule has 0 atom stereocenters. The van der Waals surface area contributed by atoms with Gasteiger partial charge in [-0.3, -0.25) is 19.0 Å². The fourth-order valence-corrected chi connectivity index (χ4v) is 5.60. The topological polar surface area (TPSA) is 106 Å². The molecule has 1 aromatic heterocycles. The average Bonchev–Trinajstić information content (AvgIpc) is 2.81. The Bertz CT molecular complexity index is 1140. The molecular weight excluding hydrogens is 426 g/mol. The predicted molar refractivity (Wildman–Crippen MR) is 125 cm³/mol. The summed E-state index contributed by atoms with van der Waals surface area (Å²) in [7, 11) is 0. The molecule has 0 spiro atoms. The summed E-state index contributed by atoms with van der Waals surface area (Å²) in [5.74, 6) is -0.348.